The van der Waals surface area contributed by atoms with E-state index in [1.807, 2.05) is 32.6 Å². The fraction of sp³-hybridized carbons (Fsp3) is 0.929. The van der Waals surface area contributed by atoms with Crippen molar-refractivity contribution in [2.24, 2.45) is 17.1 Å². The van der Waals surface area contributed by atoms with Gasteiger partial charge in [-0.05, 0) is 46.5 Å². The average molecular weight is 319 g/mol. The van der Waals surface area contributed by atoms with Gasteiger partial charge in [0.2, 0.25) is 15.9 Å². The van der Waals surface area contributed by atoms with Crippen molar-refractivity contribution in [3.63, 3.8) is 0 Å². The zero-order valence-electron chi connectivity index (χ0n) is 13.8. The maximum Gasteiger partial charge on any atom is 0.230 e. The van der Waals surface area contributed by atoms with Crippen LogP contribution in [0.15, 0.2) is 0 Å². The molecule has 1 aliphatic rings. The largest absolute Gasteiger partial charge is 0.342 e. The molecule has 1 heterocycles. The van der Waals surface area contributed by atoms with Crippen LogP contribution in [-0.2, 0) is 14.8 Å². The van der Waals surface area contributed by atoms with Crippen LogP contribution in [0.1, 0.15) is 40.5 Å². The lowest BCUT2D eigenvalue weighted by molar-refractivity contribution is -0.145. The summed E-state index contributed by atoms with van der Waals surface area (Å²) in [7, 11) is -3.19. The molecule has 1 atom stereocenters. The summed E-state index contributed by atoms with van der Waals surface area (Å²) in [4.78, 5) is 14.5. The van der Waals surface area contributed by atoms with Crippen molar-refractivity contribution >= 4 is 15.9 Å². The molecule has 1 unspecified atom stereocenters. The van der Waals surface area contributed by atoms with Gasteiger partial charge in [0.25, 0.3) is 0 Å². The fourth-order valence-electron chi connectivity index (χ4n) is 2.36. The third kappa shape index (κ3) is 4.93. The molecule has 0 aromatic rings. The number of carbonyl (C=O) groups is 1. The van der Waals surface area contributed by atoms with Gasteiger partial charge in [0, 0.05) is 25.2 Å². The van der Waals surface area contributed by atoms with Crippen molar-refractivity contribution in [2.75, 3.05) is 25.9 Å². The molecule has 1 aliphatic heterocycles. The third-order valence-corrected chi connectivity index (χ3v) is 5.28. The van der Waals surface area contributed by atoms with E-state index in [-0.39, 0.29) is 11.8 Å². The first-order valence-electron chi connectivity index (χ1n) is 7.37. The number of nitrogens with zero attached hydrogens (tertiary/aromatic N) is 1. The maximum absolute atomic E-state index is 12.7. The van der Waals surface area contributed by atoms with Crippen LogP contribution in [0.25, 0.3) is 0 Å². The second kappa shape index (κ2) is 6.22. The Labute approximate surface area is 128 Å². The Balaban J connectivity index is 2.70. The summed E-state index contributed by atoms with van der Waals surface area (Å²) in [6.45, 7) is 9.14. The highest BCUT2D eigenvalue weighted by atomic mass is 32.2. The second-order valence-corrected chi connectivity index (χ2v) is 9.06. The fourth-order valence-corrected chi connectivity index (χ4v) is 2.89. The van der Waals surface area contributed by atoms with E-state index in [9.17, 15) is 13.2 Å². The molecule has 7 heteroatoms. The lowest BCUT2D eigenvalue weighted by Crippen LogP contribution is -2.58. The third-order valence-electron chi connectivity index (χ3n) is 4.59. The topological polar surface area (TPSA) is 92.5 Å². The molecule has 0 spiro atoms. The number of carbonyl (C=O) groups excluding carboxylic acids is 1. The van der Waals surface area contributed by atoms with Gasteiger partial charge in [0.1, 0.15) is 0 Å². The Kier molecular flexibility index (Phi) is 5.45. The molecule has 6 nitrogen and oxygen atoms in total. The van der Waals surface area contributed by atoms with E-state index < -0.39 is 21.0 Å². The number of nitrogens with two attached hydrogens (primary N) is 1. The molecule has 1 amide bonds. The Bertz CT molecular complexity index is 480. The number of nitrogens with one attached hydrogen (secondary N) is 1. The van der Waals surface area contributed by atoms with Gasteiger partial charge in [0.05, 0.1) is 11.7 Å². The Hall–Kier alpha value is -0.660. The first-order chi connectivity index (χ1) is 9.34. The Morgan fingerprint density at radius 2 is 1.90 bits per heavy atom. The first-order valence-corrected chi connectivity index (χ1v) is 9.26. The van der Waals surface area contributed by atoms with Crippen molar-refractivity contribution in [3.8, 4) is 0 Å². The minimum absolute atomic E-state index is 0.0408. The van der Waals surface area contributed by atoms with Gasteiger partial charge < -0.3 is 10.6 Å². The van der Waals surface area contributed by atoms with Gasteiger partial charge in [-0.15, -0.1) is 0 Å². The van der Waals surface area contributed by atoms with E-state index >= 15 is 0 Å². The smallest absolute Gasteiger partial charge is 0.230 e. The summed E-state index contributed by atoms with van der Waals surface area (Å²) < 4.78 is 24.9. The van der Waals surface area contributed by atoms with E-state index in [0.717, 1.165) is 19.1 Å². The van der Waals surface area contributed by atoms with Crippen molar-refractivity contribution in [2.45, 2.75) is 46.1 Å². The van der Waals surface area contributed by atoms with Crippen LogP contribution in [0.4, 0.5) is 0 Å². The predicted octanol–water partition coefficient (Wildman–Crippen LogP) is 0.538. The number of sulfonamides is 1. The quantitative estimate of drug-likeness (QED) is 0.773. The number of rotatable bonds is 5. The molecule has 1 saturated heterocycles. The SMILES string of the molecule is CC(C)(N)C(C)(C)C(=O)N1CCCC(CNS(C)(=O)=O)C1. The average Bonchev–Trinajstić information content (AvgIpc) is 2.33. The van der Waals surface area contributed by atoms with Crippen LogP contribution >= 0.6 is 0 Å². The van der Waals surface area contributed by atoms with E-state index in [2.05, 4.69) is 4.72 Å². The highest BCUT2D eigenvalue weighted by Crippen LogP contribution is 2.32. The molecule has 3 N–H and O–H groups in total. The molecule has 21 heavy (non-hydrogen) atoms. The van der Waals surface area contributed by atoms with Crippen molar-refractivity contribution in [1.82, 2.24) is 9.62 Å². The van der Waals surface area contributed by atoms with E-state index in [4.69, 9.17) is 5.73 Å². The molecular formula is C14H29N3O3S. The van der Waals surface area contributed by atoms with Gasteiger partial charge in [-0.3, -0.25) is 4.79 Å². The zero-order valence-corrected chi connectivity index (χ0v) is 14.6. The molecule has 124 valence electrons. The molecule has 0 saturated carbocycles. The van der Waals surface area contributed by atoms with Crippen molar-refractivity contribution < 1.29 is 13.2 Å². The van der Waals surface area contributed by atoms with Gasteiger partial charge in [-0.2, -0.15) is 0 Å². The molecule has 0 aromatic heterocycles. The summed E-state index contributed by atoms with van der Waals surface area (Å²) in [5.41, 5.74) is 4.87. The van der Waals surface area contributed by atoms with Crippen LogP contribution < -0.4 is 10.5 Å². The lowest BCUT2D eigenvalue weighted by atomic mass is 9.73. The molecule has 0 radical (unpaired) electrons. The van der Waals surface area contributed by atoms with Crippen LogP contribution in [0.2, 0.25) is 0 Å². The normalized spacial score (nSPS) is 21.4. The standard InChI is InChI=1S/C14H29N3O3S/c1-13(2,14(3,4)15)12(18)17-8-6-7-11(10-17)9-16-21(5,19)20/h11,16H,6-10,15H2,1-5H3. The number of likely N-dealkylation sites (tertiary alicyclic amines) is 1. The van der Waals surface area contributed by atoms with Crippen LogP contribution in [0, 0.1) is 11.3 Å². The van der Waals surface area contributed by atoms with Crippen LogP contribution in [0.3, 0.4) is 0 Å². The number of hydrogen-bond acceptors (Lipinski definition) is 4. The highest BCUT2D eigenvalue weighted by Gasteiger charge is 2.43. The summed E-state index contributed by atoms with van der Waals surface area (Å²) in [5.74, 6) is 0.202. The number of piperidine rings is 1. The number of amides is 1. The van der Waals surface area contributed by atoms with Gasteiger partial charge in [-0.1, -0.05) is 0 Å². The monoisotopic (exact) mass is 319 g/mol. The van der Waals surface area contributed by atoms with E-state index in [1.165, 1.54) is 0 Å². The molecule has 0 bridgehead atoms. The molecular weight excluding hydrogens is 290 g/mol. The molecule has 1 fully saturated rings. The van der Waals surface area contributed by atoms with Gasteiger partial charge >= 0.3 is 0 Å². The predicted molar refractivity (Wildman–Crippen MR) is 84.2 cm³/mol. The van der Waals surface area contributed by atoms with E-state index in [1.54, 1.807) is 0 Å². The van der Waals surface area contributed by atoms with Crippen LogP contribution in [-0.4, -0.2) is 50.7 Å². The highest BCUT2D eigenvalue weighted by molar-refractivity contribution is 7.88. The van der Waals surface area contributed by atoms with Crippen LogP contribution in [0.5, 0.6) is 0 Å². The minimum atomic E-state index is -3.19. The first kappa shape index (κ1) is 18.4. The molecule has 0 aliphatic carbocycles. The zero-order chi connectivity index (χ0) is 16.5. The Morgan fingerprint density at radius 3 is 2.38 bits per heavy atom. The van der Waals surface area contributed by atoms with E-state index in [0.29, 0.717) is 19.6 Å². The molecule has 1 rings (SSSR count). The second-order valence-electron chi connectivity index (χ2n) is 7.23. The summed E-state index contributed by atoms with van der Waals surface area (Å²) in [6.07, 6.45) is 2.97. The minimum Gasteiger partial charge on any atom is -0.342 e. The molecule has 0 aromatic carbocycles. The summed E-state index contributed by atoms with van der Waals surface area (Å²) in [5, 5.41) is 0. The number of hydrogen-bond donors (Lipinski definition) is 2. The van der Waals surface area contributed by atoms with Crippen molar-refractivity contribution in [1.29, 1.82) is 0 Å². The lowest BCUT2D eigenvalue weighted by Gasteiger charge is -2.43. The Morgan fingerprint density at radius 1 is 1.33 bits per heavy atom. The summed E-state index contributed by atoms with van der Waals surface area (Å²) in [6, 6.07) is 0. The summed E-state index contributed by atoms with van der Waals surface area (Å²) >= 11 is 0. The van der Waals surface area contributed by atoms with Gasteiger partial charge in [0.15, 0.2) is 0 Å². The van der Waals surface area contributed by atoms with Crippen molar-refractivity contribution in [3.05, 3.63) is 0 Å². The van der Waals surface area contributed by atoms with Gasteiger partial charge in [-0.25, -0.2) is 13.1 Å². The maximum atomic E-state index is 12.7.